The van der Waals surface area contributed by atoms with E-state index in [1.54, 1.807) is 61.6 Å². The molecule has 180 valence electrons. The molecule has 2 amide bonds. The summed E-state index contributed by atoms with van der Waals surface area (Å²) in [5.41, 5.74) is 4.56. The molecule has 0 aliphatic heterocycles. The molecular weight excluding hydrogens is 460 g/mol. The number of thiazole rings is 1. The topological polar surface area (TPSA) is 83.6 Å². The van der Waals surface area contributed by atoms with E-state index in [4.69, 9.17) is 9.72 Å². The molecule has 2 N–H and O–H groups in total. The molecule has 0 fully saturated rings. The number of likely N-dealkylation sites (N-methyl/N-ethyl adjacent to an activating group) is 1. The van der Waals surface area contributed by atoms with Gasteiger partial charge >= 0.3 is 0 Å². The number of anilines is 2. The third-order valence-electron chi connectivity index (χ3n) is 5.75. The number of aromatic nitrogens is 1. The first-order valence-electron chi connectivity index (χ1n) is 11.2. The molecule has 4 rings (SSSR count). The Morgan fingerprint density at radius 3 is 2.34 bits per heavy atom. The first-order chi connectivity index (χ1) is 16.8. The van der Waals surface area contributed by atoms with Crippen LogP contribution < -0.4 is 15.4 Å². The quantitative estimate of drug-likeness (QED) is 0.357. The number of amides is 2. The fraction of sp³-hybridized carbons (Fsp3) is 0.222. The van der Waals surface area contributed by atoms with E-state index in [0.29, 0.717) is 17.1 Å². The number of rotatable bonds is 8. The monoisotopic (exact) mass is 488 g/mol. The lowest BCUT2D eigenvalue weighted by molar-refractivity contribution is -0.122. The molecule has 0 aliphatic rings. The van der Waals surface area contributed by atoms with Crippen molar-refractivity contribution in [1.29, 1.82) is 0 Å². The number of nitrogens with one attached hydrogen (secondary N) is 2. The zero-order valence-corrected chi connectivity index (χ0v) is 21.0. The van der Waals surface area contributed by atoms with Crippen molar-refractivity contribution < 1.29 is 14.3 Å². The fourth-order valence-corrected chi connectivity index (χ4v) is 4.61. The largest absolute Gasteiger partial charge is 0.497 e. The normalized spacial score (nSPS) is 11.9. The van der Waals surface area contributed by atoms with Gasteiger partial charge in [-0.15, -0.1) is 11.3 Å². The average molecular weight is 489 g/mol. The number of carbonyl (C=O) groups excluding carboxylic acids is 2. The second-order valence-electron chi connectivity index (χ2n) is 8.42. The van der Waals surface area contributed by atoms with Crippen LogP contribution in [-0.4, -0.2) is 48.4 Å². The number of fused-ring (bicyclic) bond motifs is 1. The predicted octanol–water partition coefficient (Wildman–Crippen LogP) is 5.18. The highest BCUT2D eigenvalue weighted by Gasteiger charge is 2.20. The van der Waals surface area contributed by atoms with E-state index in [1.165, 1.54) is 5.56 Å². The van der Waals surface area contributed by atoms with Gasteiger partial charge in [-0.1, -0.05) is 6.07 Å². The van der Waals surface area contributed by atoms with Gasteiger partial charge in [0.1, 0.15) is 10.8 Å². The number of carbonyl (C=O) groups is 2. The number of benzene rings is 3. The van der Waals surface area contributed by atoms with E-state index >= 15 is 0 Å². The lowest BCUT2D eigenvalue weighted by atomic mass is 10.2. The minimum atomic E-state index is -0.496. The highest BCUT2D eigenvalue weighted by atomic mass is 32.1. The van der Waals surface area contributed by atoms with Crippen molar-refractivity contribution in [3.05, 3.63) is 72.3 Å². The molecule has 0 radical (unpaired) electrons. The minimum absolute atomic E-state index is 0.0800. The van der Waals surface area contributed by atoms with Crippen LogP contribution in [-0.2, 0) is 9.59 Å². The molecule has 0 spiro atoms. The van der Waals surface area contributed by atoms with Crippen LogP contribution in [0, 0.1) is 6.92 Å². The van der Waals surface area contributed by atoms with Crippen molar-refractivity contribution in [3.8, 4) is 16.3 Å². The number of nitrogens with zero attached hydrogens (tertiary/aromatic N) is 2. The predicted molar refractivity (Wildman–Crippen MR) is 142 cm³/mol. The Bertz CT molecular complexity index is 1330. The summed E-state index contributed by atoms with van der Waals surface area (Å²) in [6, 6.07) is 20.5. The SMILES string of the molecule is COc1ccc(NC(=O)CN(C)[C@H](C)C(=O)Nc2ccc(-c3nc4ccc(C)cc4s3)cc2)cc1. The lowest BCUT2D eigenvalue weighted by Gasteiger charge is -2.23. The van der Waals surface area contributed by atoms with Gasteiger partial charge in [-0.2, -0.15) is 0 Å². The molecule has 0 aliphatic carbocycles. The van der Waals surface area contributed by atoms with Crippen LogP contribution in [0.2, 0.25) is 0 Å². The lowest BCUT2D eigenvalue weighted by Crippen LogP contribution is -2.43. The van der Waals surface area contributed by atoms with E-state index in [9.17, 15) is 9.59 Å². The molecule has 1 aromatic heterocycles. The summed E-state index contributed by atoms with van der Waals surface area (Å²) in [7, 11) is 3.34. The highest BCUT2D eigenvalue weighted by molar-refractivity contribution is 7.21. The van der Waals surface area contributed by atoms with E-state index < -0.39 is 6.04 Å². The molecule has 3 aromatic carbocycles. The van der Waals surface area contributed by atoms with Crippen molar-refractivity contribution >= 4 is 44.7 Å². The number of hydrogen-bond donors (Lipinski definition) is 2. The van der Waals surface area contributed by atoms with Crippen LogP contribution in [0.3, 0.4) is 0 Å². The molecule has 0 saturated heterocycles. The molecule has 35 heavy (non-hydrogen) atoms. The van der Waals surface area contributed by atoms with Crippen LogP contribution in [0.15, 0.2) is 66.7 Å². The molecule has 1 heterocycles. The van der Waals surface area contributed by atoms with Crippen LogP contribution >= 0.6 is 11.3 Å². The summed E-state index contributed by atoms with van der Waals surface area (Å²) in [6.07, 6.45) is 0. The van der Waals surface area contributed by atoms with Crippen LogP contribution in [0.4, 0.5) is 11.4 Å². The van der Waals surface area contributed by atoms with Crippen LogP contribution in [0.1, 0.15) is 12.5 Å². The summed E-state index contributed by atoms with van der Waals surface area (Å²) < 4.78 is 6.28. The van der Waals surface area contributed by atoms with Gasteiger partial charge in [-0.3, -0.25) is 14.5 Å². The Morgan fingerprint density at radius 2 is 1.66 bits per heavy atom. The summed E-state index contributed by atoms with van der Waals surface area (Å²) in [6.45, 7) is 3.92. The van der Waals surface area contributed by atoms with E-state index in [-0.39, 0.29) is 18.4 Å². The van der Waals surface area contributed by atoms with E-state index in [0.717, 1.165) is 20.8 Å². The van der Waals surface area contributed by atoms with Crippen LogP contribution in [0.5, 0.6) is 5.75 Å². The Morgan fingerprint density at radius 1 is 1.00 bits per heavy atom. The van der Waals surface area contributed by atoms with Gasteiger partial charge in [0.25, 0.3) is 0 Å². The second kappa shape index (κ2) is 10.7. The van der Waals surface area contributed by atoms with Crippen molar-refractivity contribution in [2.45, 2.75) is 19.9 Å². The molecule has 7 nitrogen and oxygen atoms in total. The molecule has 4 aromatic rings. The summed E-state index contributed by atoms with van der Waals surface area (Å²) in [4.78, 5) is 31.6. The number of hydrogen-bond acceptors (Lipinski definition) is 6. The smallest absolute Gasteiger partial charge is 0.241 e. The van der Waals surface area contributed by atoms with Gasteiger partial charge in [-0.25, -0.2) is 4.98 Å². The van der Waals surface area contributed by atoms with Crippen molar-refractivity contribution in [2.24, 2.45) is 0 Å². The molecule has 0 saturated carbocycles. The third-order valence-corrected chi connectivity index (χ3v) is 6.82. The number of aryl methyl sites for hydroxylation is 1. The van der Waals surface area contributed by atoms with Gasteiger partial charge in [0, 0.05) is 16.9 Å². The molecule has 8 heteroatoms. The van der Waals surface area contributed by atoms with E-state index in [2.05, 4.69) is 29.7 Å². The first kappa shape index (κ1) is 24.4. The molecule has 0 bridgehead atoms. The maximum atomic E-state index is 12.8. The zero-order valence-electron chi connectivity index (χ0n) is 20.2. The average Bonchev–Trinajstić information content (AvgIpc) is 3.27. The van der Waals surface area contributed by atoms with Gasteiger partial charge in [0.15, 0.2) is 0 Å². The Hall–Kier alpha value is -3.75. The van der Waals surface area contributed by atoms with Crippen molar-refractivity contribution in [3.63, 3.8) is 0 Å². The first-order valence-corrected chi connectivity index (χ1v) is 12.1. The fourth-order valence-electron chi connectivity index (χ4n) is 3.54. The Labute approximate surface area is 208 Å². The van der Waals surface area contributed by atoms with Gasteiger partial charge in [-0.05, 0) is 87.1 Å². The molecule has 1 atom stereocenters. The van der Waals surface area contributed by atoms with Gasteiger partial charge in [0.05, 0.1) is 29.9 Å². The Kier molecular flexibility index (Phi) is 7.43. The highest BCUT2D eigenvalue weighted by Crippen LogP contribution is 2.31. The maximum Gasteiger partial charge on any atom is 0.241 e. The standard InChI is InChI=1S/C27H28N4O3S/c1-17-5-14-23-24(15-17)35-27(30-23)19-6-8-21(9-7-19)29-26(33)18(2)31(3)16-25(32)28-20-10-12-22(34-4)13-11-20/h5-15,18H,16H2,1-4H3,(H,28,32)(H,29,33)/t18-/m1/s1. The van der Waals surface area contributed by atoms with Crippen molar-refractivity contribution in [2.75, 3.05) is 31.3 Å². The maximum absolute atomic E-state index is 12.8. The van der Waals surface area contributed by atoms with Gasteiger partial charge < -0.3 is 15.4 Å². The van der Waals surface area contributed by atoms with Crippen molar-refractivity contribution in [1.82, 2.24) is 9.88 Å². The summed E-state index contributed by atoms with van der Waals surface area (Å²) in [5.74, 6) is 0.328. The number of ether oxygens (including phenoxy) is 1. The Balaban J connectivity index is 1.32. The minimum Gasteiger partial charge on any atom is -0.497 e. The summed E-state index contributed by atoms with van der Waals surface area (Å²) >= 11 is 1.65. The van der Waals surface area contributed by atoms with Gasteiger partial charge in [0.2, 0.25) is 11.8 Å². The van der Waals surface area contributed by atoms with Crippen LogP contribution in [0.25, 0.3) is 20.8 Å². The second-order valence-corrected chi connectivity index (χ2v) is 9.46. The zero-order chi connectivity index (χ0) is 24.9. The molecular formula is C27H28N4O3S. The van der Waals surface area contributed by atoms with E-state index in [1.807, 2.05) is 30.3 Å². The third kappa shape index (κ3) is 6.03. The number of methoxy groups -OCH3 is 1. The molecule has 0 unspecified atom stereocenters. The summed E-state index contributed by atoms with van der Waals surface area (Å²) in [5, 5.41) is 6.70.